The molecule has 4 aromatic rings. The van der Waals surface area contributed by atoms with E-state index in [1.807, 2.05) is 6.20 Å². The Kier molecular flexibility index (Phi) is 5.67. The Labute approximate surface area is 182 Å². The minimum absolute atomic E-state index is 0.170. The summed E-state index contributed by atoms with van der Waals surface area (Å²) in [4.78, 5) is 22.3. The number of halogens is 1. The second kappa shape index (κ2) is 8.73. The van der Waals surface area contributed by atoms with Gasteiger partial charge in [-0.15, -0.1) is 0 Å². The Balaban J connectivity index is 1.69. The lowest BCUT2D eigenvalue weighted by Gasteiger charge is -2.07. The maximum absolute atomic E-state index is 13.2. The summed E-state index contributed by atoms with van der Waals surface area (Å²) in [6, 6.07) is 18.7. The largest absolute Gasteiger partial charge is 0.478 e. The summed E-state index contributed by atoms with van der Waals surface area (Å²) >= 11 is 0. The summed E-state index contributed by atoms with van der Waals surface area (Å²) < 4.78 is 14.8. The van der Waals surface area contributed by atoms with Crippen molar-refractivity contribution in [2.24, 2.45) is 0 Å². The lowest BCUT2D eigenvalue weighted by molar-refractivity contribution is 0.0686. The molecule has 1 heterocycles. The van der Waals surface area contributed by atoms with Crippen molar-refractivity contribution in [2.75, 3.05) is 5.32 Å². The van der Waals surface area contributed by atoms with Crippen LogP contribution in [0.4, 0.5) is 10.1 Å². The Morgan fingerprint density at radius 2 is 1.41 bits per heavy atom. The zero-order chi connectivity index (χ0) is 22.7. The molecule has 0 radical (unpaired) electrons. The molecule has 0 spiro atoms. The van der Waals surface area contributed by atoms with Crippen LogP contribution in [0.3, 0.4) is 0 Å². The van der Waals surface area contributed by atoms with Crippen molar-refractivity contribution in [3.05, 3.63) is 102 Å². The summed E-state index contributed by atoms with van der Waals surface area (Å²) in [5.74, 6) is -2.36. The fourth-order valence-electron chi connectivity index (χ4n) is 3.21. The highest BCUT2D eigenvalue weighted by molar-refractivity contribution is 5.88. The van der Waals surface area contributed by atoms with Crippen LogP contribution in [0.2, 0.25) is 0 Å². The smallest absolute Gasteiger partial charge is 0.335 e. The number of hydrogen-bond donors (Lipinski definition) is 3. The Bertz CT molecular complexity index is 1260. The highest BCUT2D eigenvalue weighted by Gasteiger charge is 2.14. The summed E-state index contributed by atoms with van der Waals surface area (Å²) in [7, 11) is 0. The molecule has 0 fully saturated rings. The van der Waals surface area contributed by atoms with Crippen LogP contribution in [0, 0.1) is 5.82 Å². The van der Waals surface area contributed by atoms with E-state index in [9.17, 15) is 14.0 Å². The molecule has 4 rings (SSSR count). The molecule has 0 bridgehead atoms. The van der Waals surface area contributed by atoms with Crippen molar-refractivity contribution in [3.63, 3.8) is 0 Å². The van der Waals surface area contributed by atoms with E-state index in [1.54, 1.807) is 41.1 Å². The molecule has 1 aromatic heterocycles. The van der Waals surface area contributed by atoms with Crippen molar-refractivity contribution >= 4 is 17.6 Å². The van der Waals surface area contributed by atoms with Crippen LogP contribution in [-0.2, 0) is 6.54 Å². The third kappa shape index (κ3) is 4.49. The van der Waals surface area contributed by atoms with Crippen molar-refractivity contribution in [2.45, 2.75) is 6.54 Å². The molecular weight excluding hydrogens is 413 g/mol. The summed E-state index contributed by atoms with van der Waals surface area (Å²) in [6.07, 6.45) is 1.81. The first-order valence-corrected chi connectivity index (χ1v) is 9.66. The number of nitrogens with one attached hydrogen (secondary N) is 1. The van der Waals surface area contributed by atoms with Gasteiger partial charge in [0.15, 0.2) is 0 Å². The zero-order valence-electron chi connectivity index (χ0n) is 16.7. The maximum Gasteiger partial charge on any atom is 0.335 e. The first-order chi connectivity index (χ1) is 15.4. The van der Waals surface area contributed by atoms with Crippen LogP contribution in [0.25, 0.3) is 16.9 Å². The highest BCUT2D eigenvalue weighted by atomic mass is 19.1. The summed E-state index contributed by atoms with van der Waals surface area (Å²) in [5, 5.41) is 26.1. The Morgan fingerprint density at radius 3 is 1.97 bits per heavy atom. The van der Waals surface area contributed by atoms with E-state index >= 15 is 0 Å². The summed E-state index contributed by atoms with van der Waals surface area (Å²) in [6.45, 7) is 0.384. The van der Waals surface area contributed by atoms with E-state index in [2.05, 4.69) is 10.4 Å². The molecule has 0 aliphatic carbocycles. The van der Waals surface area contributed by atoms with Gasteiger partial charge in [0.05, 0.1) is 22.5 Å². The number of carboxylic acid groups (broad SMARTS) is 2. The van der Waals surface area contributed by atoms with Gasteiger partial charge in [0.1, 0.15) is 5.82 Å². The van der Waals surface area contributed by atoms with E-state index in [-0.39, 0.29) is 16.9 Å². The molecule has 0 atom stereocenters. The molecule has 8 heteroatoms. The lowest BCUT2D eigenvalue weighted by Crippen LogP contribution is -2.00. The first kappa shape index (κ1) is 20.8. The van der Waals surface area contributed by atoms with Gasteiger partial charge >= 0.3 is 11.9 Å². The Hall–Kier alpha value is -4.46. The van der Waals surface area contributed by atoms with Crippen molar-refractivity contribution in [1.82, 2.24) is 9.78 Å². The zero-order valence-corrected chi connectivity index (χ0v) is 16.7. The van der Waals surface area contributed by atoms with Crippen LogP contribution >= 0.6 is 0 Å². The predicted molar refractivity (Wildman–Crippen MR) is 117 cm³/mol. The molecule has 32 heavy (non-hydrogen) atoms. The van der Waals surface area contributed by atoms with Crippen LogP contribution in [0.5, 0.6) is 0 Å². The second-order valence-electron chi connectivity index (χ2n) is 7.04. The van der Waals surface area contributed by atoms with Gasteiger partial charge < -0.3 is 15.5 Å². The van der Waals surface area contributed by atoms with E-state index in [0.717, 1.165) is 16.8 Å². The van der Waals surface area contributed by atoms with E-state index in [0.29, 0.717) is 17.9 Å². The van der Waals surface area contributed by atoms with Crippen LogP contribution in [0.1, 0.15) is 26.3 Å². The third-order valence-electron chi connectivity index (χ3n) is 4.90. The van der Waals surface area contributed by atoms with Gasteiger partial charge in [-0.3, -0.25) is 0 Å². The molecule has 0 saturated carbocycles. The molecule has 160 valence electrons. The first-order valence-electron chi connectivity index (χ1n) is 9.66. The fraction of sp³-hybridized carbons (Fsp3) is 0.0417. The predicted octanol–water partition coefficient (Wildman–Crippen LogP) is 4.69. The fourth-order valence-corrected chi connectivity index (χ4v) is 3.21. The van der Waals surface area contributed by atoms with Crippen molar-refractivity contribution in [3.8, 4) is 16.9 Å². The molecule has 3 aromatic carbocycles. The lowest BCUT2D eigenvalue weighted by atomic mass is 10.1. The molecule has 0 amide bonds. The maximum atomic E-state index is 13.2. The van der Waals surface area contributed by atoms with E-state index in [4.69, 9.17) is 10.2 Å². The SMILES string of the molecule is O=C(O)c1ccc(-c2nn(-c3ccc(C(=O)O)cc3)cc2CNc2ccc(F)cc2)cc1. The number of hydrogen-bond acceptors (Lipinski definition) is 4. The normalized spacial score (nSPS) is 10.7. The highest BCUT2D eigenvalue weighted by Crippen LogP contribution is 2.25. The number of benzene rings is 3. The van der Waals surface area contributed by atoms with E-state index in [1.165, 1.54) is 36.4 Å². The van der Waals surface area contributed by atoms with Gasteiger partial charge in [-0.05, 0) is 60.7 Å². The van der Waals surface area contributed by atoms with Crippen LogP contribution in [-0.4, -0.2) is 31.9 Å². The summed E-state index contributed by atoms with van der Waals surface area (Å²) in [5.41, 5.74) is 3.93. The minimum Gasteiger partial charge on any atom is -0.478 e. The van der Waals surface area contributed by atoms with Gasteiger partial charge in [0.25, 0.3) is 0 Å². The number of carboxylic acids is 2. The molecule has 0 unspecified atom stereocenters. The second-order valence-corrected chi connectivity index (χ2v) is 7.04. The average molecular weight is 431 g/mol. The number of carbonyl (C=O) groups is 2. The van der Waals surface area contributed by atoms with Crippen molar-refractivity contribution < 1.29 is 24.2 Å². The topological polar surface area (TPSA) is 104 Å². The number of anilines is 1. The van der Waals surface area contributed by atoms with Gasteiger partial charge in [-0.1, -0.05) is 12.1 Å². The number of nitrogens with zero attached hydrogens (tertiary/aromatic N) is 2. The van der Waals surface area contributed by atoms with Crippen LogP contribution in [0.15, 0.2) is 79.0 Å². The van der Waals surface area contributed by atoms with Crippen LogP contribution < -0.4 is 5.32 Å². The van der Waals surface area contributed by atoms with Gasteiger partial charge in [-0.2, -0.15) is 5.10 Å². The number of aromatic carboxylic acids is 2. The molecule has 0 aliphatic rings. The molecular formula is C24H18FN3O4. The van der Waals surface area contributed by atoms with Gasteiger partial charge in [-0.25, -0.2) is 18.7 Å². The third-order valence-corrected chi connectivity index (χ3v) is 4.90. The molecule has 7 nitrogen and oxygen atoms in total. The molecule has 0 aliphatic heterocycles. The van der Waals surface area contributed by atoms with E-state index < -0.39 is 11.9 Å². The number of rotatable bonds is 7. The monoisotopic (exact) mass is 431 g/mol. The quantitative estimate of drug-likeness (QED) is 0.392. The minimum atomic E-state index is -1.02. The number of aromatic nitrogens is 2. The standard InChI is InChI=1S/C24H18FN3O4/c25-19-7-9-20(10-8-19)26-13-18-14-28(21-11-5-17(6-12-21)24(31)32)27-22(18)15-1-3-16(4-2-15)23(29)30/h1-12,14,26H,13H2,(H,29,30)(H,31,32). The van der Waals surface area contributed by atoms with Gasteiger partial charge in [0, 0.05) is 29.6 Å². The molecule has 0 saturated heterocycles. The Morgan fingerprint density at radius 1 is 0.844 bits per heavy atom. The van der Waals surface area contributed by atoms with Crippen molar-refractivity contribution in [1.29, 1.82) is 0 Å². The average Bonchev–Trinajstić information content (AvgIpc) is 3.23. The molecule has 3 N–H and O–H groups in total. The van der Waals surface area contributed by atoms with Gasteiger partial charge in [0.2, 0.25) is 0 Å².